The van der Waals surface area contributed by atoms with Gasteiger partial charge in [0.1, 0.15) is 0 Å². The predicted octanol–water partition coefficient (Wildman–Crippen LogP) is 3.36. The van der Waals surface area contributed by atoms with Gasteiger partial charge in [-0.3, -0.25) is 0 Å². The first-order valence-corrected chi connectivity index (χ1v) is 5.73. The van der Waals surface area contributed by atoms with Crippen LogP contribution in [0.25, 0.3) is 0 Å². The minimum atomic E-state index is -0.816. The third-order valence-corrected chi connectivity index (χ3v) is 3.16. The molecular formula is C14H16O2. The topological polar surface area (TPSA) is 37.3 Å². The second-order valence-corrected chi connectivity index (χ2v) is 4.34. The fraction of sp³-hybridized carbons (Fsp3) is 0.357. The molecular weight excluding hydrogens is 200 g/mol. The first-order valence-electron chi connectivity index (χ1n) is 5.73. The first kappa shape index (κ1) is 10.9. The molecule has 0 heterocycles. The molecule has 1 saturated carbocycles. The number of hydrogen-bond acceptors (Lipinski definition) is 1. The Morgan fingerprint density at radius 2 is 2.06 bits per heavy atom. The van der Waals surface area contributed by atoms with Crippen molar-refractivity contribution < 1.29 is 9.90 Å². The van der Waals surface area contributed by atoms with Gasteiger partial charge in [0, 0.05) is 6.08 Å². The molecule has 0 amide bonds. The number of benzene rings is 1. The monoisotopic (exact) mass is 216 g/mol. The molecule has 1 aromatic rings. The lowest BCUT2D eigenvalue weighted by molar-refractivity contribution is -0.131. The van der Waals surface area contributed by atoms with Crippen LogP contribution in [0.1, 0.15) is 37.2 Å². The molecule has 2 rings (SSSR count). The zero-order chi connectivity index (χ0) is 11.4. The molecule has 1 N–H and O–H groups in total. The van der Waals surface area contributed by atoms with Crippen LogP contribution in [-0.2, 0) is 4.79 Å². The molecule has 1 fully saturated rings. The van der Waals surface area contributed by atoms with Gasteiger partial charge in [0.05, 0.1) is 0 Å². The number of hydrogen-bond donors (Lipinski definition) is 1. The summed E-state index contributed by atoms with van der Waals surface area (Å²) in [7, 11) is 0. The second kappa shape index (κ2) is 4.97. The van der Waals surface area contributed by atoms with Crippen LogP contribution in [0.4, 0.5) is 0 Å². The average molecular weight is 216 g/mol. The van der Waals surface area contributed by atoms with Gasteiger partial charge in [0.2, 0.25) is 0 Å². The van der Waals surface area contributed by atoms with Crippen LogP contribution in [0.3, 0.4) is 0 Å². The number of rotatable bonds is 2. The van der Waals surface area contributed by atoms with Gasteiger partial charge in [0.25, 0.3) is 0 Å². The Morgan fingerprint density at radius 3 is 2.75 bits per heavy atom. The molecule has 16 heavy (non-hydrogen) atoms. The summed E-state index contributed by atoms with van der Waals surface area (Å²) in [5.74, 6) is -0.315. The first-order chi connectivity index (χ1) is 7.75. The zero-order valence-electron chi connectivity index (χ0n) is 9.23. The lowest BCUT2D eigenvalue weighted by Crippen LogP contribution is -2.08. The van der Waals surface area contributed by atoms with Crippen molar-refractivity contribution in [3.8, 4) is 0 Å². The lowest BCUT2D eigenvalue weighted by Gasteiger charge is -2.24. The highest BCUT2D eigenvalue weighted by molar-refractivity contribution is 5.80. The molecule has 2 heteroatoms. The van der Waals surface area contributed by atoms with Crippen molar-refractivity contribution in [2.75, 3.05) is 0 Å². The maximum Gasteiger partial charge on any atom is 0.328 e. The van der Waals surface area contributed by atoms with Crippen LogP contribution in [0.5, 0.6) is 0 Å². The molecule has 1 aromatic carbocycles. The van der Waals surface area contributed by atoms with E-state index in [-0.39, 0.29) is 0 Å². The Hall–Kier alpha value is -1.57. The summed E-state index contributed by atoms with van der Waals surface area (Å²) in [5, 5.41) is 8.75. The van der Waals surface area contributed by atoms with E-state index in [9.17, 15) is 4.79 Å². The van der Waals surface area contributed by atoms with E-state index in [1.54, 1.807) is 0 Å². The van der Waals surface area contributed by atoms with E-state index in [0.717, 1.165) is 24.8 Å². The third-order valence-electron chi connectivity index (χ3n) is 3.16. The number of aliphatic carboxylic acids is 1. The van der Waals surface area contributed by atoms with Crippen LogP contribution >= 0.6 is 0 Å². The van der Waals surface area contributed by atoms with Gasteiger partial charge in [-0.15, -0.1) is 0 Å². The smallest absolute Gasteiger partial charge is 0.328 e. The summed E-state index contributed by atoms with van der Waals surface area (Å²) in [6.45, 7) is 0. The number of allylic oxidation sites excluding steroid dienone is 1. The minimum Gasteiger partial charge on any atom is -0.478 e. The molecule has 1 aliphatic rings. The molecule has 1 atom stereocenters. The van der Waals surface area contributed by atoms with Crippen LogP contribution in [-0.4, -0.2) is 11.1 Å². The Morgan fingerprint density at radius 1 is 1.31 bits per heavy atom. The molecule has 0 saturated heterocycles. The summed E-state index contributed by atoms with van der Waals surface area (Å²) >= 11 is 0. The quantitative estimate of drug-likeness (QED) is 0.770. The highest BCUT2D eigenvalue weighted by atomic mass is 16.4. The van der Waals surface area contributed by atoms with E-state index in [2.05, 4.69) is 12.1 Å². The van der Waals surface area contributed by atoms with Gasteiger partial charge in [-0.2, -0.15) is 0 Å². The molecule has 0 unspecified atom stereocenters. The van der Waals surface area contributed by atoms with Gasteiger partial charge in [0.15, 0.2) is 0 Å². The largest absolute Gasteiger partial charge is 0.478 e. The summed E-state index contributed by atoms with van der Waals surface area (Å²) in [6.07, 6.45) is 5.49. The molecule has 84 valence electrons. The van der Waals surface area contributed by atoms with E-state index < -0.39 is 5.97 Å². The van der Waals surface area contributed by atoms with E-state index in [0.29, 0.717) is 5.92 Å². The van der Waals surface area contributed by atoms with Crippen LogP contribution in [0.15, 0.2) is 42.0 Å². The summed E-state index contributed by atoms with van der Waals surface area (Å²) in [4.78, 5) is 10.6. The van der Waals surface area contributed by atoms with E-state index in [4.69, 9.17) is 5.11 Å². The van der Waals surface area contributed by atoms with Gasteiger partial charge in [-0.25, -0.2) is 4.79 Å². The summed E-state index contributed by atoms with van der Waals surface area (Å²) in [5.41, 5.74) is 2.41. The van der Waals surface area contributed by atoms with E-state index in [1.165, 1.54) is 18.1 Å². The van der Waals surface area contributed by atoms with Crippen LogP contribution in [0.2, 0.25) is 0 Å². The van der Waals surface area contributed by atoms with Crippen molar-refractivity contribution in [2.24, 2.45) is 0 Å². The fourth-order valence-corrected chi connectivity index (χ4v) is 2.41. The molecule has 0 aromatic heterocycles. The molecule has 0 radical (unpaired) electrons. The van der Waals surface area contributed by atoms with Crippen LogP contribution in [0, 0.1) is 0 Å². The minimum absolute atomic E-state index is 0.501. The Bertz CT molecular complexity index is 392. The fourth-order valence-electron chi connectivity index (χ4n) is 2.41. The van der Waals surface area contributed by atoms with Crippen molar-refractivity contribution in [3.05, 3.63) is 47.5 Å². The Balaban J connectivity index is 2.11. The number of carboxylic acids is 1. The Labute approximate surface area is 95.6 Å². The Kier molecular flexibility index (Phi) is 3.40. The third kappa shape index (κ3) is 2.72. The van der Waals surface area contributed by atoms with Crippen LogP contribution < -0.4 is 0 Å². The molecule has 0 aliphatic heterocycles. The maximum atomic E-state index is 10.6. The highest BCUT2D eigenvalue weighted by Crippen LogP contribution is 2.35. The normalized spacial score (nSPS) is 23.2. The second-order valence-electron chi connectivity index (χ2n) is 4.34. The van der Waals surface area contributed by atoms with Gasteiger partial charge in [-0.1, -0.05) is 35.9 Å². The SMILES string of the molecule is O=C(O)/C=C1\CCC[C@H](c2ccccc2)C1. The molecule has 2 nitrogen and oxygen atoms in total. The summed E-state index contributed by atoms with van der Waals surface area (Å²) < 4.78 is 0. The predicted molar refractivity (Wildman–Crippen MR) is 63.4 cm³/mol. The van der Waals surface area contributed by atoms with E-state index >= 15 is 0 Å². The molecule has 0 bridgehead atoms. The van der Waals surface area contributed by atoms with E-state index in [1.807, 2.05) is 18.2 Å². The van der Waals surface area contributed by atoms with Crippen molar-refractivity contribution in [2.45, 2.75) is 31.6 Å². The van der Waals surface area contributed by atoms with Crippen molar-refractivity contribution in [3.63, 3.8) is 0 Å². The van der Waals surface area contributed by atoms with Crippen molar-refractivity contribution in [1.29, 1.82) is 0 Å². The number of carboxylic acid groups (broad SMARTS) is 1. The summed E-state index contributed by atoms with van der Waals surface area (Å²) in [6, 6.07) is 10.4. The van der Waals surface area contributed by atoms with Gasteiger partial charge >= 0.3 is 5.97 Å². The standard InChI is InChI=1S/C14H16O2/c15-14(16)10-11-5-4-8-13(9-11)12-6-2-1-3-7-12/h1-3,6-7,10,13H,4-5,8-9H2,(H,15,16)/b11-10+/t13-/m0/s1. The van der Waals surface area contributed by atoms with Gasteiger partial charge in [-0.05, 0) is 37.2 Å². The van der Waals surface area contributed by atoms with Crippen molar-refractivity contribution in [1.82, 2.24) is 0 Å². The van der Waals surface area contributed by atoms with Gasteiger partial charge < -0.3 is 5.11 Å². The molecule has 1 aliphatic carbocycles. The maximum absolute atomic E-state index is 10.6. The lowest BCUT2D eigenvalue weighted by atomic mass is 9.81. The number of carbonyl (C=O) groups is 1. The average Bonchev–Trinajstić information content (AvgIpc) is 2.30. The zero-order valence-corrected chi connectivity index (χ0v) is 9.23. The molecule has 0 spiro atoms. The van der Waals surface area contributed by atoms with Crippen molar-refractivity contribution >= 4 is 5.97 Å². The highest BCUT2D eigenvalue weighted by Gasteiger charge is 2.18.